The lowest BCUT2D eigenvalue weighted by Gasteiger charge is -2.17. The summed E-state index contributed by atoms with van der Waals surface area (Å²) in [6.45, 7) is 3.27. The van der Waals surface area contributed by atoms with Gasteiger partial charge in [0.05, 0.1) is 11.2 Å². The second-order valence-corrected chi connectivity index (χ2v) is 8.67. The first-order valence-corrected chi connectivity index (χ1v) is 10.6. The van der Waals surface area contributed by atoms with E-state index in [1.807, 2.05) is 35.3 Å². The van der Waals surface area contributed by atoms with Gasteiger partial charge in [-0.25, -0.2) is 0 Å². The van der Waals surface area contributed by atoms with E-state index in [1.165, 1.54) is 17.9 Å². The van der Waals surface area contributed by atoms with Crippen LogP contribution in [0.2, 0.25) is 0 Å². The molecule has 0 aromatic carbocycles. The molecule has 0 spiro atoms. The number of rotatable bonds is 5. The molecule has 2 saturated heterocycles. The highest BCUT2D eigenvalue weighted by atomic mass is 32.2. The summed E-state index contributed by atoms with van der Waals surface area (Å²) < 4.78 is 5.57. The number of nitrogens with zero attached hydrogens (tertiary/aromatic N) is 2. The summed E-state index contributed by atoms with van der Waals surface area (Å²) in [5.74, 6) is 7.92. The number of hydrogen-bond acceptors (Lipinski definition) is 7. The smallest absolute Gasteiger partial charge is 0.232 e. The van der Waals surface area contributed by atoms with Gasteiger partial charge in [0.25, 0.3) is 0 Å². The summed E-state index contributed by atoms with van der Waals surface area (Å²) in [5.41, 5.74) is 0. The Balaban J connectivity index is 1.65. The zero-order valence-electron chi connectivity index (χ0n) is 11.7. The average Bonchev–Trinajstić information content (AvgIpc) is 3.14. The van der Waals surface area contributed by atoms with E-state index in [-0.39, 0.29) is 0 Å². The molecule has 20 heavy (non-hydrogen) atoms. The third kappa shape index (κ3) is 3.48. The largest absolute Gasteiger partial charge is 0.339 e. The van der Waals surface area contributed by atoms with E-state index >= 15 is 0 Å². The van der Waals surface area contributed by atoms with Gasteiger partial charge in [0.2, 0.25) is 5.89 Å². The molecule has 0 radical (unpaired) electrons. The lowest BCUT2D eigenvalue weighted by Crippen LogP contribution is -2.34. The van der Waals surface area contributed by atoms with Gasteiger partial charge in [-0.3, -0.25) is 0 Å². The van der Waals surface area contributed by atoms with Crippen molar-refractivity contribution in [2.75, 3.05) is 35.3 Å². The van der Waals surface area contributed by atoms with Crippen molar-refractivity contribution in [3.63, 3.8) is 0 Å². The summed E-state index contributed by atoms with van der Waals surface area (Å²) >= 11 is 5.93. The molecule has 112 valence electrons. The zero-order chi connectivity index (χ0) is 13.8. The van der Waals surface area contributed by atoms with Crippen LogP contribution in [0.5, 0.6) is 0 Å². The monoisotopic (exact) mass is 331 g/mol. The number of hydrogen-bond donors (Lipinski definition) is 1. The average molecular weight is 332 g/mol. The SMILES string of the molecule is CCCNC1CSCC1c1nc(C2CSCCS2)no1. The molecule has 0 bridgehead atoms. The summed E-state index contributed by atoms with van der Waals surface area (Å²) in [6, 6.07) is 0.488. The van der Waals surface area contributed by atoms with Crippen LogP contribution < -0.4 is 5.32 Å². The van der Waals surface area contributed by atoms with Crippen LogP contribution in [-0.4, -0.2) is 51.5 Å². The van der Waals surface area contributed by atoms with Gasteiger partial charge in [0, 0.05) is 34.8 Å². The van der Waals surface area contributed by atoms with Crippen molar-refractivity contribution in [3.05, 3.63) is 11.7 Å². The van der Waals surface area contributed by atoms with Gasteiger partial charge in [0.1, 0.15) is 0 Å². The van der Waals surface area contributed by atoms with E-state index < -0.39 is 0 Å². The Morgan fingerprint density at radius 1 is 1.25 bits per heavy atom. The van der Waals surface area contributed by atoms with Crippen LogP contribution in [0.3, 0.4) is 0 Å². The first-order valence-electron chi connectivity index (χ1n) is 7.22. The maximum absolute atomic E-state index is 5.57. The predicted molar refractivity (Wildman–Crippen MR) is 89.0 cm³/mol. The second-order valence-electron chi connectivity index (χ2n) is 5.13. The molecule has 3 heterocycles. The van der Waals surface area contributed by atoms with Crippen LogP contribution in [-0.2, 0) is 0 Å². The maximum Gasteiger partial charge on any atom is 0.232 e. The fourth-order valence-corrected chi connectivity index (χ4v) is 6.45. The molecule has 3 atom stereocenters. The first-order chi connectivity index (χ1) is 9.88. The fraction of sp³-hybridized carbons (Fsp3) is 0.846. The zero-order valence-corrected chi connectivity index (χ0v) is 14.2. The van der Waals surface area contributed by atoms with Crippen molar-refractivity contribution in [3.8, 4) is 0 Å². The van der Waals surface area contributed by atoms with Crippen molar-refractivity contribution < 1.29 is 4.52 Å². The Kier molecular flexibility index (Phi) is 5.59. The van der Waals surface area contributed by atoms with Crippen LogP contribution in [0, 0.1) is 0 Å². The van der Waals surface area contributed by atoms with Crippen molar-refractivity contribution >= 4 is 35.3 Å². The molecule has 4 nitrogen and oxygen atoms in total. The third-order valence-corrected chi connectivity index (χ3v) is 7.56. The normalized spacial score (nSPS) is 30.8. The van der Waals surface area contributed by atoms with E-state index in [0.29, 0.717) is 17.2 Å². The van der Waals surface area contributed by atoms with Crippen LogP contribution in [0.1, 0.15) is 36.2 Å². The number of aromatic nitrogens is 2. The van der Waals surface area contributed by atoms with Gasteiger partial charge in [-0.2, -0.15) is 28.5 Å². The summed E-state index contributed by atoms with van der Waals surface area (Å²) in [6.07, 6.45) is 1.17. The molecule has 3 rings (SSSR count). The molecule has 1 aromatic rings. The summed E-state index contributed by atoms with van der Waals surface area (Å²) in [4.78, 5) is 4.71. The molecule has 7 heteroatoms. The van der Waals surface area contributed by atoms with Crippen molar-refractivity contribution in [1.82, 2.24) is 15.5 Å². The van der Waals surface area contributed by atoms with Crippen LogP contribution >= 0.6 is 35.3 Å². The van der Waals surface area contributed by atoms with Crippen molar-refractivity contribution in [2.24, 2.45) is 0 Å². The minimum Gasteiger partial charge on any atom is -0.339 e. The Hall–Kier alpha value is 0.150. The highest BCUT2D eigenvalue weighted by Gasteiger charge is 2.34. The lowest BCUT2D eigenvalue weighted by atomic mass is 10.0. The van der Waals surface area contributed by atoms with Gasteiger partial charge in [0.15, 0.2) is 5.82 Å². The van der Waals surface area contributed by atoms with Gasteiger partial charge in [-0.1, -0.05) is 12.1 Å². The first kappa shape index (κ1) is 15.1. The Labute approximate surface area is 133 Å². The minimum absolute atomic E-state index is 0.383. The van der Waals surface area contributed by atoms with Crippen molar-refractivity contribution in [2.45, 2.75) is 30.6 Å². The van der Waals surface area contributed by atoms with Crippen molar-refractivity contribution in [1.29, 1.82) is 0 Å². The molecular formula is C13H21N3OS3. The fourth-order valence-electron chi connectivity index (χ4n) is 2.49. The van der Waals surface area contributed by atoms with Crippen LogP contribution in [0.15, 0.2) is 4.52 Å². The van der Waals surface area contributed by atoms with Gasteiger partial charge in [-0.05, 0) is 13.0 Å². The van der Waals surface area contributed by atoms with E-state index in [9.17, 15) is 0 Å². The van der Waals surface area contributed by atoms with E-state index in [1.54, 1.807) is 0 Å². The molecule has 1 N–H and O–H groups in total. The molecular weight excluding hydrogens is 310 g/mol. The molecule has 0 amide bonds. The van der Waals surface area contributed by atoms with Gasteiger partial charge < -0.3 is 9.84 Å². The Bertz CT molecular complexity index is 423. The molecule has 0 aliphatic carbocycles. The molecule has 0 saturated carbocycles. The van der Waals surface area contributed by atoms with Gasteiger partial charge >= 0.3 is 0 Å². The second kappa shape index (κ2) is 7.42. The third-order valence-electron chi connectivity index (χ3n) is 3.62. The quantitative estimate of drug-likeness (QED) is 0.890. The number of thioether (sulfide) groups is 3. The molecule has 3 unspecified atom stereocenters. The van der Waals surface area contributed by atoms with Crippen LogP contribution in [0.25, 0.3) is 0 Å². The summed E-state index contributed by atoms with van der Waals surface area (Å²) in [7, 11) is 0. The molecule has 2 aliphatic heterocycles. The van der Waals surface area contributed by atoms with E-state index in [2.05, 4.69) is 17.4 Å². The lowest BCUT2D eigenvalue weighted by molar-refractivity contribution is 0.336. The number of nitrogens with one attached hydrogen (secondary N) is 1. The Morgan fingerprint density at radius 3 is 3.00 bits per heavy atom. The minimum atomic E-state index is 0.383. The van der Waals surface area contributed by atoms with E-state index in [0.717, 1.165) is 35.5 Å². The summed E-state index contributed by atoms with van der Waals surface area (Å²) in [5, 5.41) is 8.27. The molecule has 2 aliphatic rings. The Morgan fingerprint density at radius 2 is 2.20 bits per heavy atom. The highest BCUT2D eigenvalue weighted by molar-refractivity contribution is 8.06. The maximum atomic E-state index is 5.57. The highest BCUT2D eigenvalue weighted by Crippen LogP contribution is 2.37. The van der Waals surface area contributed by atoms with E-state index in [4.69, 9.17) is 9.51 Å². The van der Waals surface area contributed by atoms with Gasteiger partial charge in [-0.15, -0.1) is 11.8 Å². The molecule has 1 aromatic heterocycles. The molecule has 2 fully saturated rings. The predicted octanol–water partition coefficient (Wildman–Crippen LogP) is 2.79. The van der Waals surface area contributed by atoms with Crippen LogP contribution in [0.4, 0.5) is 0 Å². The standard InChI is InChI=1S/C13H21N3OS3/c1-2-3-14-10-7-19-6-9(10)13-15-12(16-17-13)11-8-18-4-5-20-11/h9-11,14H,2-8H2,1H3. The topological polar surface area (TPSA) is 51.0 Å².